The van der Waals surface area contributed by atoms with Gasteiger partial charge < -0.3 is 20.9 Å². The summed E-state index contributed by atoms with van der Waals surface area (Å²) in [5.74, 6) is -1.11. The molecule has 0 aliphatic carbocycles. The van der Waals surface area contributed by atoms with Crippen LogP contribution in [0.15, 0.2) is 48.7 Å². The van der Waals surface area contributed by atoms with Crippen molar-refractivity contribution in [3.8, 4) is 0 Å². The van der Waals surface area contributed by atoms with E-state index >= 15 is 0 Å². The molecule has 3 aromatic rings. The number of nitrogens with one attached hydrogen (secondary N) is 2. The molecule has 3 heterocycles. The summed E-state index contributed by atoms with van der Waals surface area (Å²) in [6, 6.07) is 12.1. The van der Waals surface area contributed by atoms with E-state index in [2.05, 4.69) is 15.3 Å². The lowest BCUT2D eigenvalue weighted by molar-refractivity contribution is -0.136. The van der Waals surface area contributed by atoms with Gasteiger partial charge in [0.1, 0.15) is 16.9 Å². The third-order valence-corrected chi connectivity index (χ3v) is 6.02. The van der Waals surface area contributed by atoms with E-state index in [-0.39, 0.29) is 17.7 Å². The lowest BCUT2D eigenvalue weighted by Gasteiger charge is -2.33. The number of hydrogen-bond acceptors (Lipinski definition) is 4. The molecule has 9 heteroatoms. The van der Waals surface area contributed by atoms with Crippen LogP contribution in [0.4, 0.5) is 0 Å². The average Bonchev–Trinajstić information content (AvgIpc) is 3.22. The maximum absolute atomic E-state index is 13.3. The molecular weight excluding hydrogens is 430 g/mol. The fraction of sp³-hybridized carbons (Fsp3) is 0.304. The van der Waals surface area contributed by atoms with E-state index in [0.717, 1.165) is 10.9 Å². The Morgan fingerprint density at radius 2 is 1.91 bits per heavy atom. The molecule has 3 amide bonds. The van der Waals surface area contributed by atoms with Gasteiger partial charge in [0.15, 0.2) is 0 Å². The van der Waals surface area contributed by atoms with Gasteiger partial charge in [-0.3, -0.25) is 14.4 Å². The molecule has 1 aromatic carbocycles. The molecule has 1 aliphatic rings. The third kappa shape index (κ3) is 4.91. The molecule has 32 heavy (non-hydrogen) atoms. The Kier molecular flexibility index (Phi) is 6.41. The van der Waals surface area contributed by atoms with E-state index in [4.69, 9.17) is 17.3 Å². The largest absolute Gasteiger partial charge is 0.369 e. The van der Waals surface area contributed by atoms with Crippen LogP contribution in [-0.4, -0.2) is 51.7 Å². The highest BCUT2D eigenvalue weighted by Crippen LogP contribution is 2.20. The summed E-state index contributed by atoms with van der Waals surface area (Å²) in [4.78, 5) is 46.5. The van der Waals surface area contributed by atoms with E-state index < -0.39 is 11.9 Å². The second-order valence-corrected chi connectivity index (χ2v) is 8.38. The van der Waals surface area contributed by atoms with Gasteiger partial charge in [-0.2, -0.15) is 0 Å². The Morgan fingerprint density at radius 3 is 2.59 bits per heavy atom. The van der Waals surface area contributed by atoms with Gasteiger partial charge in [0.05, 0.1) is 11.7 Å². The third-order valence-electron chi connectivity index (χ3n) is 5.81. The highest BCUT2D eigenvalue weighted by molar-refractivity contribution is 6.30. The Hall–Kier alpha value is -3.39. The molecule has 0 radical (unpaired) electrons. The zero-order valence-electron chi connectivity index (χ0n) is 17.4. The average molecular weight is 454 g/mol. The number of benzene rings is 1. The number of aromatic amines is 1. The molecule has 1 fully saturated rings. The molecule has 4 rings (SSSR count). The summed E-state index contributed by atoms with van der Waals surface area (Å²) in [6.45, 7) is 0.869. The maximum atomic E-state index is 13.3. The lowest BCUT2D eigenvalue weighted by Crippen LogP contribution is -2.52. The number of piperidine rings is 1. The number of likely N-dealkylation sites (tertiary alicyclic amines) is 1. The molecule has 1 saturated heterocycles. The molecule has 4 N–H and O–H groups in total. The van der Waals surface area contributed by atoms with Crippen LogP contribution >= 0.6 is 11.6 Å². The summed E-state index contributed by atoms with van der Waals surface area (Å²) in [7, 11) is 0. The number of primary amides is 1. The normalized spacial score (nSPS) is 15.5. The number of H-pyrrole nitrogens is 1. The van der Waals surface area contributed by atoms with Crippen LogP contribution in [0.25, 0.3) is 10.9 Å². The number of carbonyl (C=O) groups is 3. The van der Waals surface area contributed by atoms with Crippen LogP contribution in [0, 0.1) is 5.92 Å². The van der Waals surface area contributed by atoms with E-state index in [1.165, 1.54) is 0 Å². The van der Waals surface area contributed by atoms with Gasteiger partial charge in [-0.25, -0.2) is 4.98 Å². The van der Waals surface area contributed by atoms with Crippen molar-refractivity contribution in [3.05, 3.63) is 65.1 Å². The second-order valence-electron chi connectivity index (χ2n) is 7.99. The lowest BCUT2D eigenvalue weighted by atomic mass is 9.95. The Bertz CT molecular complexity index is 1140. The number of aromatic nitrogens is 2. The minimum atomic E-state index is -0.747. The van der Waals surface area contributed by atoms with Gasteiger partial charge in [0.2, 0.25) is 11.8 Å². The molecule has 1 aliphatic heterocycles. The van der Waals surface area contributed by atoms with Crippen molar-refractivity contribution in [2.75, 3.05) is 13.1 Å². The Balaban J connectivity index is 1.52. The molecule has 0 spiro atoms. The smallest absolute Gasteiger partial charge is 0.268 e. The van der Waals surface area contributed by atoms with Crippen molar-refractivity contribution in [3.63, 3.8) is 0 Å². The highest BCUT2D eigenvalue weighted by Gasteiger charge is 2.31. The van der Waals surface area contributed by atoms with Crippen molar-refractivity contribution in [2.45, 2.75) is 25.3 Å². The van der Waals surface area contributed by atoms with Crippen molar-refractivity contribution in [1.29, 1.82) is 0 Å². The minimum Gasteiger partial charge on any atom is -0.369 e. The number of rotatable bonds is 6. The molecule has 8 nitrogen and oxygen atoms in total. The quantitative estimate of drug-likeness (QED) is 0.495. The number of amides is 3. The van der Waals surface area contributed by atoms with Crippen LogP contribution in [-0.2, 0) is 16.0 Å². The standard InChI is InChI=1S/C23H24ClN5O3/c24-20-12-16-11-17(27-19(16)13-26-20)22(31)28-18(10-14-4-2-1-3-5-14)23(32)29-8-6-15(7-9-29)21(25)30/h1-5,11-13,15,18,27H,6-10H2,(H2,25,30)(H,28,31)/t18-/m0/s1. The first-order valence-corrected chi connectivity index (χ1v) is 10.9. The van der Waals surface area contributed by atoms with Gasteiger partial charge in [0, 0.05) is 30.8 Å². The van der Waals surface area contributed by atoms with Crippen molar-refractivity contribution >= 4 is 40.2 Å². The van der Waals surface area contributed by atoms with Crippen molar-refractivity contribution in [2.24, 2.45) is 11.7 Å². The van der Waals surface area contributed by atoms with E-state index in [1.807, 2.05) is 30.3 Å². The topological polar surface area (TPSA) is 121 Å². The first kappa shape index (κ1) is 21.8. The predicted octanol–water partition coefficient (Wildman–Crippen LogP) is 2.28. The van der Waals surface area contributed by atoms with Gasteiger partial charge in [-0.1, -0.05) is 41.9 Å². The zero-order valence-corrected chi connectivity index (χ0v) is 18.1. The number of nitrogens with zero attached hydrogens (tertiary/aromatic N) is 2. The number of fused-ring (bicyclic) bond motifs is 1. The van der Waals surface area contributed by atoms with E-state index in [0.29, 0.717) is 48.7 Å². The fourth-order valence-corrected chi connectivity index (χ4v) is 4.18. The van der Waals surface area contributed by atoms with Crippen molar-refractivity contribution < 1.29 is 14.4 Å². The number of nitrogens with two attached hydrogens (primary N) is 1. The molecular formula is C23H24ClN5O3. The highest BCUT2D eigenvalue weighted by atomic mass is 35.5. The summed E-state index contributed by atoms with van der Waals surface area (Å²) >= 11 is 5.93. The summed E-state index contributed by atoms with van der Waals surface area (Å²) in [5.41, 5.74) is 7.34. The summed E-state index contributed by atoms with van der Waals surface area (Å²) in [6.07, 6.45) is 2.98. The Labute approximate surface area is 190 Å². The SMILES string of the molecule is NC(=O)C1CCN(C(=O)[C@H](Cc2ccccc2)NC(=O)c2cc3cc(Cl)ncc3[nH]2)CC1. The number of halogens is 1. The van der Waals surface area contributed by atoms with Crippen LogP contribution in [0.5, 0.6) is 0 Å². The number of pyridine rings is 1. The van der Waals surface area contributed by atoms with Crippen LogP contribution in [0.3, 0.4) is 0 Å². The first-order valence-electron chi connectivity index (χ1n) is 10.5. The van der Waals surface area contributed by atoms with E-state index in [9.17, 15) is 14.4 Å². The van der Waals surface area contributed by atoms with Crippen LogP contribution in [0.1, 0.15) is 28.9 Å². The number of carbonyl (C=O) groups excluding carboxylic acids is 3. The molecule has 166 valence electrons. The molecule has 0 saturated carbocycles. The zero-order chi connectivity index (χ0) is 22.7. The van der Waals surface area contributed by atoms with Gasteiger partial charge in [0.25, 0.3) is 5.91 Å². The fourth-order valence-electron chi connectivity index (χ4n) is 4.02. The Morgan fingerprint density at radius 1 is 1.19 bits per heavy atom. The van der Waals surface area contributed by atoms with Gasteiger partial charge in [-0.05, 0) is 30.5 Å². The minimum absolute atomic E-state index is 0.175. The predicted molar refractivity (Wildman–Crippen MR) is 121 cm³/mol. The molecule has 2 aromatic heterocycles. The number of hydrogen-bond donors (Lipinski definition) is 3. The summed E-state index contributed by atoms with van der Waals surface area (Å²) < 4.78 is 0. The van der Waals surface area contributed by atoms with E-state index in [1.54, 1.807) is 23.2 Å². The monoisotopic (exact) mass is 453 g/mol. The molecule has 1 atom stereocenters. The van der Waals surface area contributed by atoms with Gasteiger partial charge >= 0.3 is 0 Å². The summed E-state index contributed by atoms with van der Waals surface area (Å²) in [5, 5.41) is 3.97. The van der Waals surface area contributed by atoms with Gasteiger partial charge in [-0.15, -0.1) is 0 Å². The maximum Gasteiger partial charge on any atom is 0.268 e. The first-order chi connectivity index (χ1) is 15.4. The molecule has 0 unspecified atom stereocenters. The molecule has 0 bridgehead atoms. The van der Waals surface area contributed by atoms with Crippen molar-refractivity contribution in [1.82, 2.24) is 20.2 Å². The van der Waals surface area contributed by atoms with Crippen LogP contribution < -0.4 is 11.1 Å². The second kappa shape index (κ2) is 9.40. The van der Waals surface area contributed by atoms with Crippen LogP contribution in [0.2, 0.25) is 5.15 Å².